The van der Waals surface area contributed by atoms with Crippen LogP contribution in [0.3, 0.4) is 0 Å². The van der Waals surface area contributed by atoms with Crippen LogP contribution in [0.1, 0.15) is 45.4 Å². The van der Waals surface area contributed by atoms with E-state index in [2.05, 4.69) is 0 Å². The van der Waals surface area contributed by atoms with Crippen molar-refractivity contribution >= 4 is 0 Å². The number of hydrogen-bond acceptors (Lipinski definition) is 14. The Hall–Kier alpha value is -0.600. The molecule has 0 spiro atoms. The standard InChI is InChI=1S/C26H44O15/c1-8-17(31)18(32)20(34)24(37-8)40-26-22(36)19(33)21(35)25(41-26)39-16-7-11-13(29)5-10(27)6-15(11)38-23(16)9-2-3-12(28)14(30)4-9/h8-36H,2-7H2,1H3/p+1. The van der Waals surface area contributed by atoms with E-state index in [-0.39, 0.29) is 37.2 Å². The summed E-state index contributed by atoms with van der Waals surface area (Å²) >= 11 is 0. The normalized spacial score (nSPS) is 56.7. The molecule has 0 aromatic carbocycles. The number of fused-ring (bicyclic) bond motifs is 1. The summed E-state index contributed by atoms with van der Waals surface area (Å²) in [6.07, 6.45) is -19.0. The predicted octanol–water partition coefficient (Wildman–Crippen LogP) is -4.70. The third kappa shape index (κ3) is 6.45. The summed E-state index contributed by atoms with van der Waals surface area (Å²) in [6, 6.07) is 0. The molecule has 2 saturated carbocycles. The monoisotopic (exact) mass is 597 g/mol. The van der Waals surface area contributed by atoms with Crippen LogP contribution in [0.4, 0.5) is 0 Å². The van der Waals surface area contributed by atoms with Crippen LogP contribution in [0.5, 0.6) is 0 Å². The minimum Gasteiger partial charge on any atom is -0.427 e. The molecule has 0 bridgehead atoms. The van der Waals surface area contributed by atoms with Crippen LogP contribution in [0, 0.1) is 11.8 Å². The molecule has 3 saturated heterocycles. The maximum atomic E-state index is 10.8. The maximum Gasteiger partial charge on any atom is 0.192 e. The fraction of sp³-hybridized carbons (Fsp3) is 1.00. The van der Waals surface area contributed by atoms with E-state index in [0.29, 0.717) is 19.3 Å². The summed E-state index contributed by atoms with van der Waals surface area (Å²) in [4.78, 5) is 0. The first-order valence-electron chi connectivity index (χ1n) is 14.5. The Kier molecular flexibility index (Phi) is 9.92. The lowest BCUT2D eigenvalue weighted by Crippen LogP contribution is -2.64. The van der Waals surface area contributed by atoms with Gasteiger partial charge in [-0.1, -0.05) is 0 Å². The smallest absolute Gasteiger partial charge is 0.192 e. The van der Waals surface area contributed by atoms with E-state index in [1.807, 2.05) is 0 Å². The first-order chi connectivity index (χ1) is 19.3. The molecule has 0 aromatic rings. The van der Waals surface area contributed by atoms with Crippen LogP contribution in [-0.4, -0.2) is 160 Å². The largest absolute Gasteiger partial charge is 0.427 e. The van der Waals surface area contributed by atoms with Crippen molar-refractivity contribution in [2.75, 3.05) is 0 Å². The van der Waals surface area contributed by atoms with E-state index >= 15 is 0 Å². The number of hydrogen-bond donors (Lipinski definition) is 10. The van der Waals surface area contributed by atoms with E-state index in [1.54, 1.807) is 0 Å². The van der Waals surface area contributed by atoms with Crippen LogP contribution in [0.2, 0.25) is 0 Å². The lowest BCUT2D eigenvalue weighted by Gasteiger charge is -2.48. The SMILES string of the molecule is CC1OC(OC2OC(OC3CC4C(O)CC(O)CC4[OH+]C3C3CCC(O)C(O)C3)C(O)C(O)C2O)C(O)C(O)C1O. The second-order valence-electron chi connectivity index (χ2n) is 12.3. The molecule has 19 unspecified atom stereocenters. The second-order valence-corrected chi connectivity index (χ2v) is 12.3. The van der Waals surface area contributed by atoms with E-state index < -0.39 is 98.2 Å². The first kappa shape index (κ1) is 31.8. The lowest BCUT2D eigenvalue weighted by atomic mass is 9.72. The van der Waals surface area contributed by atoms with Gasteiger partial charge in [-0.05, 0) is 32.6 Å². The molecule has 2 aliphatic carbocycles. The van der Waals surface area contributed by atoms with Crippen molar-refractivity contribution < 1.29 is 74.7 Å². The number of ether oxygens (including phenoxy) is 5. The average molecular weight is 598 g/mol. The van der Waals surface area contributed by atoms with Gasteiger partial charge < -0.3 is 74.7 Å². The van der Waals surface area contributed by atoms with E-state index in [1.165, 1.54) is 6.92 Å². The number of rotatable bonds is 5. The molecule has 19 atom stereocenters. The van der Waals surface area contributed by atoms with Crippen molar-refractivity contribution in [3.05, 3.63) is 0 Å². The second kappa shape index (κ2) is 12.8. The predicted molar refractivity (Wildman–Crippen MR) is 133 cm³/mol. The van der Waals surface area contributed by atoms with Gasteiger partial charge in [-0.3, -0.25) is 0 Å². The van der Waals surface area contributed by atoms with E-state index in [4.69, 9.17) is 23.7 Å². The Balaban J connectivity index is 1.33. The van der Waals surface area contributed by atoms with Crippen LogP contribution < -0.4 is 0 Å². The van der Waals surface area contributed by atoms with E-state index in [0.717, 1.165) is 0 Å². The molecule has 238 valence electrons. The Bertz CT molecular complexity index is 867. The molecule has 41 heavy (non-hydrogen) atoms. The van der Waals surface area contributed by atoms with Crippen molar-refractivity contribution in [1.82, 2.24) is 0 Å². The zero-order chi connectivity index (χ0) is 29.7. The third-order valence-electron chi connectivity index (χ3n) is 9.48. The average Bonchev–Trinajstić information content (AvgIpc) is 2.93. The van der Waals surface area contributed by atoms with Crippen LogP contribution in [-0.2, 0) is 18.9 Å². The van der Waals surface area contributed by atoms with Gasteiger partial charge in [0.15, 0.2) is 31.1 Å². The summed E-state index contributed by atoms with van der Waals surface area (Å²) in [5.74, 6) is -0.582. The van der Waals surface area contributed by atoms with Crippen molar-refractivity contribution in [3.63, 3.8) is 0 Å². The molecule has 0 radical (unpaired) electrons. The Morgan fingerprint density at radius 2 is 1.20 bits per heavy atom. The molecule has 5 rings (SSSR count). The van der Waals surface area contributed by atoms with Gasteiger partial charge in [0, 0.05) is 18.8 Å². The Morgan fingerprint density at radius 3 is 1.85 bits per heavy atom. The summed E-state index contributed by atoms with van der Waals surface area (Å²) < 4.78 is 27.8. The topological polar surface area (TPSA) is 252 Å². The molecule has 11 N–H and O–H groups in total. The number of aliphatic hydroxyl groups is 12. The fourth-order valence-corrected chi connectivity index (χ4v) is 6.98. The van der Waals surface area contributed by atoms with Crippen molar-refractivity contribution in [1.29, 1.82) is 0 Å². The van der Waals surface area contributed by atoms with Crippen LogP contribution in [0.15, 0.2) is 0 Å². The van der Waals surface area contributed by atoms with Gasteiger partial charge in [-0.15, -0.1) is 0 Å². The molecule has 3 heterocycles. The Morgan fingerprint density at radius 1 is 0.585 bits per heavy atom. The van der Waals surface area contributed by atoms with Gasteiger partial charge in [0.1, 0.15) is 42.7 Å². The van der Waals surface area contributed by atoms with Crippen LogP contribution in [0.25, 0.3) is 0 Å². The third-order valence-corrected chi connectivity index (χ3v) is 9.48. The highest BCUT2D eigenvalue weighted by atomic mass is 16.8. The summed E-state index contributed by atoms with van der Waals surface area (Å²) in [5, 5.41) is 104. The van der Waals surface area contributed by atoms with Gasteiger partial charge in [0.2, 0.25) is 0 Å². The quantitative estimate of drug-likeness (QED) is 0.134. The van der Waals surface area contributed by atoms with Gasteiger partial charge in [-0.2, -0.15) is 0 Å². The van der Waals surface area contributed by atoms with Gasteiger partial charge in [-0.25, -0.2) is 0 Å². The highest BCUT2D eigenvalue weighted by Crippen LogP contribution is 2.42. The molecular weight excluding hydrogens is 552 g/mol. The maximum absolute atomic E-state index is 10.8. The fourth-order valence-electron chi connectivity index (χ4n) is 6.98. The lowest BCUT2D eigenvalue weighted by molar-refractivity contribution is -0.410. The first-order valence-corrected chi connectivity index (χ1v) is 14.5. The molecule has 5 fully saturated rings. The van der Waals surface area contributed by atoms with Gasteiger partial charge in [0.25, 0.3) is 0 Å². The molecule has 0 amide bonds. The summed E-state index contributed by atoms with van der Waals surface area (Å²) in [5.41, 5.74) is 0. The van der Waals surface area contributed by atoms with Gasteiger partial charge >= 0.3 is 0 Å². The number of aliphatic hydroxyl groups excluding tert-OH is 10. The molecule has 15 nitrogen and oxygen atoms in total. The van der Waals surface area contributed by atoms with E-state index in [9.17, 15) is 51.1 Å². The zero-order valence-electron chi connectivity index (χ0n) is 22.8. The molecule has 15 heteroatoms. The van der Waals surface area contributed by atoms with Crippen molar-refractivity contribution in [2.24, 2.45) is 11.8 Å². The zero-order valence-corrected chi connectivity index (χ0v) is 22.8. The molecule has 3 aliphatic heterocycles. The van der Waals surface area contributed by atoms with Crippen molar-refractivity contribution in [3.8, 4) is 0 Å². The highest BCUT2D eigenvalue weighted by molar-refractivity contribution is 4.98. The highest BCUT2D eigenvalue weighted by Gasteiger charge is 2.55. The molecule has 0 aromatic heterocycles. The molecule has 5 aliphatic rings. The Labute approximate surface area is 236 Å². The van der Waals surface area contributed by atoms with Crippen molar-refractivity contribution in [2.45, 2.75) is 150 Å². The summed E-state index contributed by atoms with van der Waals surface area (Å²) in [7, 11) is 0. The minimum absolute atomic E-state index is 0.175. The van der Waals surface area contributed by atoms with Gasteiger partial charge in [0.05, 0.1) is 36.4 Å². The minimum atomic E-state index is -1.80. The molecular formula is C26H45O15+. The van der Waals surface area contributed by atoms with Crippen LogP contribution >= 0.6 is 0 Å². The summed E-state index contributed by atoms with van der Waals surface area (Å²) in [6.45, 7) is 1.44.